The lowest BCUT2D eigenvalue weighted by molar-refractivity contribution is -0.140. The van der Waals surface area contributed by atoms with Gasteiger partial charge in [-0.15, -0.1) is 0 Å². The lowest BCUT2D eigenvalue weighted by Crippen LogP contribution is -2.46. The van der Waals surface area contributed by atoms with Gasteiger partial charge in [-0.05, 0) is 30.7 Å². The Morgan fingerprint density at radius 1 is 1.20 bits per heavy atom. The third kappa shape index (κ3) is 7.51. The zero-order chi connectivity index (χ0) is 28.7. The van der Waals surface area contributed by atoms with Crippen molar-refractivity contribution in [2.24, 2.45) is 7.05 Å². The molecule has 0 bridgehead atoms. The number of aromatic amines is 1. The van der Waals surface area contributed by atoms with Crippen molar-refractivity contribution in [3.8, 4) is 29.0 Å². The third-order valence-electron chi connectivity index (χ3n) is 6.24. The highest BCUT2D eigenvalue weighted by molar-refractivity contribution is 6.05. The fraction of sp³-hybridized carbons (Fsp3) is 0.333. The highest BCUT2D eigenvalue weighted by atomic mass is 19.4. The molecule has 0 aliphatic carbocycles. The van der Waals surface area contributed by atoms with Crippen LogP contribution in [0.2, 0.25) is 0 Å². The van der Waals surface area contributed by atoms with Gasteiger partial charge in [0.1, 0.15) is 17.3 Å². The third-order valence-corrected chi connectivity index (χ3v) is 6.24. The Kier molecular flexibility index (Phi) is 8.90. The number of benzene rings is 1. The molecule has 13 heteroatoms. The zero-order valence-electron chi connectivity index (χ0n) is 21.6. The van der Waals surface area contributed by atoms with Gasteiger partial charge < -0.3 is 24.5 Å². The molecule has 1 aromatic carbocycles. The molecule has 1 aliphatic heterocycles. The number of imidazole rings is 1. The summed E-state index contributed by atoms with van der Waals surface area (Å²) in [6.45, 7) is 3.94. The van der Waals surface area contributed by atoms with E-state index in [-0.39, 0.29) is 17.1 Å². The number of nitrogens with one attached hydrogen (secondary N) is 2. The minimum atomic E-state index is -4.58. The highest BCUT2D eigenvalue weighted by Crippen LogP contribution is 2.33. The topological polar surface area (TPSA) is 113 Å². The first-order valence-electron chi connectivity index (χ1n) is 12.4. The number of H-pyrrole nitrogens is 1. The second-order valence-electron chi connectivity index (χ2n) is 9.11. The van der Waals surface area contributed by atoms with Crippen molar-refractivity contribution < 1.29 is 27.5 Å². The van der Waals surface area contributed by atoms with Gasteiger partial charge in [-0.25, -0.2) is 4.98 Å². The van der Waals surface area contributed by atoms with E-state index in [1.807, 2.05) is 0 Å². The molecule has 0 spiro atoms. The van der Waals surface area contributed by atoms with Crippen LogP contribution < -0.4 is 15.6 Å². The Labute approximate surface area is 227 Å². The standard InChI is InChI=1S/C27H27F3N6O4/c1-34-9-7-19(15-25(34)39)3-6-24(38)32-21-16-20(26-31-17-23(33-26)27(28,29)30)4-5-22(21)40-14-2-8-35-10-12-36(18-37)13-11-35/h4-5,7,9,15-18H,2,8,10-14H2,1H3,(H,31,33)(H,32,38). The molecule has 40 heavy (non-hydrogen) atoms. The molecule has 10 nitrogen and oxygen atoms in total. The van der Waals surface area contributed by atoms with E-state index in [0.29, 0.717) is 49.2 Å². The normalized spacial score (nSPS) is 13.8. The number of halogens is 3. The zero-order valence-corrected chi connectivity index (χ0v) is 21.6. The number of carbonyl (C=O) groups is 2. The lowest BCUT2D eigenvalue weighted by atomic mass is 10.1. The highest BCUT2D eigenvalue weighted by Gasteiger charge is 2.33. The number of amides is 2. The van der Waals surface area contributed by atoms with Crippen molar-refractivity contribution in [2.75, 3.05) is 44.6 Å². The summed E-state index contributed by atoms with van der Waals surface area (Å²) in [5, 5.41) is 2.62. The molecule has 0 atom stereocenters. The van der Waals surface area contributed by atoms with E-state index in [1.54, 1.807) is 18.0 Å². The summed E-state index contributed by atoms with van der Waals surface area (Å²) in [5.74, 6) is 4.61. The number of hydrogen-bond donors (Lipinski definition) is 2. The Hall–Kier alpha value is -4.57. The van der Waals surface area contributed by atoms with Crippen LogP contribution in [0.25, 0.3) is 11.4 Å². The Balaban J connectivity index is 1.48. The molecule has 1 aliphatic rings. The Morgan fingerprint density at radius 2 is 1.98 bits per heavy atom. The quantitative estimate of drug-likeness (QED) is 0.250. The van der Waals surface area contributed by atoms with E-state index >= 15 is 0 Å². The molecule has 1 fully saturated rings. The molecule has 0 radical (unpaired) electrons. The first kappa shape index (κ1) is 28.4. The van der Waals surface area contributed by atoms with Gasteiger partial charge in [0.05, 0.1) is 18.5 Å². The van der Waals surface area contributed by atoms with Crippen LogP contribution in [0.1, 0.15) is 17.7 Å². The fourth-order valence-electron chi connectivity index (χ4n) is 3.98. The largest absolute Gasteiger partial charge is 0.491 e. The molecule has 1 saturated heterocycles. The second kappa shape index (κ2) is 12.5. The van der Waals surface area contributed by atoms with Gasteiger partial charge >= 0.3 is 12.1 Å². The SMILES string of the molecule is Cn1ccc(C#CC(=O)Nc2cc(-c3ncc(C(F)(F)F)[nH]3)ccc2OCCCN2CCN(C=O)CC2)cc1=O. The number of piperazine rings is 1. The number of alkyl halides is 3. The summed E-state index contributed by atoms with van der Waals surface area (Å²) < 4.78 is 46.4. The number of carbonyl (C=O) groups excluding carboxylic acids is 2. The van der Waals surface area contributed by atoms with Crippen molar-refractivity contribution in [3.05, 3.63) is 64.3 Å². The first-order valence-corrected chi connectivity index (χ1v) is 12.4. The maximum Gasteiger partial charge on any atom is 0.432 e. The maximum atomic E-state index is 13.0. The van der Waals surface area contributed by atoms with Gasteiger partial charge in [0.25, 0.3) is 5.56 Å². The predicted molar refractivity (Wildman–Crippen MR) is 140 cm³/mol. The van der Waals surface area contributed by atoms with E-state index < -0.39 is 17.8 Å². The van der Waals surface area contributed by atoms with Crippen LogP contribution in [0.15, 0.2) is 47.5 Å². The van der Waals surface area contributed by atoms with Crippen LogP contribution in [0.5, 0.6) is 5.75 Å². The van der Waals surface area contributed by atoms with Gasteiger partial charge in [0, 0.05) is 69.1 Å². The van der Waals surface area contributed by atoms with E-state index in [9.17, 15) is 27.6 Å². The van der Waals surface area contributed by atoms with Crippen LogP contribution in [-0.2, 0) is 22.8 Å². The number of pyridine rings is 1. The minimum absolute atomic E-state index is 0.0324. The number of ether oxygens (including phenoxy) is 1. The van der Waals surface area contributed by atoms with Gasteiger partial charge in [0.15, 0.2) is 0 Å². The Morgan fingerprint density at radius 3 is 2.65 bits per heavy atom. The van der Waals surface area contributed by atoms with Crippen LogP contribution in [0.3, 0.4) is 0 Å². The van der Waals surface area contributed by atoms with Crippen molar-refractivity contribution in [1.29, 1.82) is 0 Å². The average Bonchev–Trinajstić information content (AvgIpc) is 3.44. The summed E-state index contributed by atoms with van der Waals surface area (Å²) in [4.78, 5) is 45.3. The molecule has 0 saturated carbocycles. The molecule has 2 N–H and O–H groups in total. The van der Waals surface area contributed by atoms with Crippen molar-refractivity contribution in [3.63, 3.8) is 0 Å². The molecule has 3 aromatic rings. The summed E-state index contributed by atoms with van der Waals surface area (Å²) in [6.07, 6.45) is -0.841. The number of anilines is 1. The number of aromatic nitrogens is 3. The van der Waals surface area contributed by atoms with E-state index in [0.717, 1.165) is 26.0 Å². The molecular weight excluding hydrogens is 529 g/mol. The fourth-order valence-corrected chi connectivity index (χ4v) is 3.98. The predicted octanol–water partition coefficient (Wildman–Crippen LogP) is 2.33. The van der Waals surface area contributed by atoms with Gasteiger partial charge in [0.2, 0.25) is 6.41 Å². The summed E-state index contributed by atoms with van der Waals surface area (Å²) in [7, 11) is 1.59. The second-order valence-corrected chi connectivity index (χ2v) is 9.11. The number of nitrogens with zero attached hydrogens (tertiary/aromatic N) is 4. The number of aryl methyl sites for hydroxylation is 1. The molecule has 4 rings (SSSR count). The molecular formula is C27H27F3N6O4. The molecule has 0 unspecified atom stereocenters. The van der Waals surface area contributed by atoms with Crippen molar-refractivity contribution in [2.45, 2.75) is 12.6 Å². The molecule has 2 amide bonds. The van der Waals surface area contributed by atoms with Crippen molar-refractivity contribution >= 4 is 18.0 Å². The van der Waals surface area contributed by atoms with Gasteiger partial charge in [-0.1, -0.05) is 5.92 Å². The van der Waals surface area contributed by atoms with Crippen LogP contribution in [0.4, 0.5) is 18.9 Å². The minimum Gasteiger partial charge on any atom is -0.491 e. The van der Waals surface area contributed by atoms with E-state index in [4.69, 9.17) is 4.74 Å². The molecule has 2 aromatic heterocycles. The number of hydrogen-bond acceptors (Lipinski definition) is 6. The first-order chi connectivity index (χ1) is 19.1. The van der Waals surface area contributed by atoms with E-state index in [1.165, 1.54) is 35.0 Å². The maximum absolute atomic E-state index is 13.0. The summed E-state index contributed by atoms with van der Waals surface area (Å²) in [6, 6.07) is 7.41. The molecule has 3 heterocycles. The van der Waals surface area contributed by atoms with Crippen molar-refractivity contribution in [1.82, 2.24) is 24.3 Å². The van der Waals surface area contributed by atoms with Crippen LogP contribution in [0, 0.1) is 11.8 Å². The number of rotatable bonds is 8. The van der Waals surface area contributed by atoms with Crippen LogP contribution >= 0.6 is 0 Å². The smallest absolute Gasteiger partial charge is 0.432 e. The summed E-state index contributed by atoms with van der Waals surface area (Å²) in [5.41, 5.74) is -0.427. The Bertz CT molecular complexity index is 1480. The summed E-state index contributed by atoms with van der Waals surface area (Å²) >= 11 is 0. The van der Waals surface area contributed by atoms with E-state index in [2.05, 4.69) is 32.0 Å². The van der Waals surface area contributed by atoms with Gasteiger partial charge in [-0.2, -0.15) is 13.2 Å². The lowest BCUT2D eigenvalue weighted by Gasteiger charge is -2.32. The monoisotopic (exact) mass is 556 g/mol. The average molecular weight is 557 g/mol. The molecule has 210 valence electrons. The van der Waals surface area contributed by atoms with Gasteiger partial charge in [-0.3, -0.25) is 19.3 Å². The van der Waals surface area contributed by atoms with Crippen LogP contribution in [-0.4, -0.2) is 76.0 Å².